The molecule has 0 N–H and O–H groups in total. The number of fused-ring (bicyclic) bond motifs is 3. The summed E-state index contributed by atoms with van der Waals surface area (Å²) in [5.41, 5.74) is 4.75. The van der Waals surface area contributed by atoms with Crippen molar-refractivity contribution in [1.82, 2.24) is 14.5 Å². The highest BCUT2D eigenvalue weighted by Crippen LogP contribution is 2.37. The highest BCUT2D eigenvalue weighted by atomic mass is 35.5. The van der Waals surface area contributed by atoms with Crippen LogP contribution in [0.3, 0.4) is 0 Å². The molecule has 2 heterocycles. The van der Waals surface area contributed by atoms with Crippen molar-refractivity contribution in [2.75, 3.05) is 0 Å². The molecule has 6 rings (SSSR count). The van der Waals surface area contributed by atoms with Gasteiger partial charge in [0.25, 0.3) is 0 Å². The maximum absolute atomic E-state index is 7.05. The molecule has 0 saturated carbocycles. The van der Waals surface area contributed by atoms with Crippen LogP contribution in [0.2, 0.25) is 5.02 Å². The van der Waals surface area contributed by atoms with Crippen LogP contribution in [0.5, 0.6) is 0 Å². The van der Waals surface area contributed by atoms with Gasteiger partial charge in [-0.2, -0.15) is 0 Å². The van der Waals surface area contributed by atoms with Crippen molar-refractivity contribution in [3.8, 4) is 28.5 Å². The molecule has 0 aliphatic heterocycles. The van der Waals surface area contributed by atoms with Gasteiger partial charge < -0.3 is 0 Å². The zero-order chi connectivity index (χ0) is 21.5. The Balaban J connectivity index is 1.74. The van der Waals surface area contributed by atoms with Crippen LogP contribution >= 0.6 is 11.6 Å². The highest BCUT2D eigenvalue weighted by Gasteiger charge is 2.20. The topological polar surface area (TPSA) is 30.7 Å². The molecule has 0 aliphatic carbocycles. The lowest BCUT2D eigenvalue weighted by Gasteiger charge is -2.14. The summed E-state index contributed by atoms with van der Waals surface area (Å²) in [6.45, 7) is 0. The minimum absolute atomic E-state index is 0.530. The molecule has 0 amide bonds. The van der Waals surface area contributed by atoms with Crippen molar-refractivity contribution < 1.29 is 0 Å². The van der Waals surface area contributed by atoms with E-state index in [9.17, 15) is 0 Å². The molecule has 0 aliphatic rings. The van der Waals surface area contributed by atoms with Gasteiger partial charge in [-0.25, -0.2) is 9.97 Å². The lowest BCUT2D eigenvalue weighted by atomic mass is 10.1. The fourth-order valence-electron chi connectivity index (χ4n) is 4.24. The van der Waals surface area contributed by atoms with Crippen LogP contribution in [0.15, 0.2) is 109 Å². The van der Waals surface area contributed by atoms with Gasteiger partial charge in [-0.3, -0.25) is 4.57 Å². The lowest BCUT2D eigenvalue weighted by molar-refractivity contribution is 1.05. The van der Waals surface area contributed by atoms with Crippen LogP contribution in [0, 0.1) is 0 Å². The van der Waals surface area contributed by atoms with Gasteiger partial charge in [0.05, 0.1) is 16.7 Å². The molecule has 2 aromatic heterocycles. The van der Waals surface area contributed by atoms with Gasteiger partial charge in [0, 0.05) is 21.9 Å². The molecular formula is C28H18ClN3. The zero-order valence-corrected chi connectivity index (χ0v) is 17.9. The Morgan fingerprint density at radius 3 is 1.62 bits per heavy atom. The number of halogens is 1. The van der Waals surface area contributed by atoms with Crippen LogP contribution in [-0.4, -0.2) is 14.5 Å². The van der Waals surface area contributed by atoms with Crippen LogP contribution in [0.1, 0.15) is 0 Å². The van der Waals surface area contributed by atoms with Crippen molar-refractivity contribution in [1.29, 1.82) is 0 Å². The van der Waals surface area contributed by atoms with E-state index in [1.807, 2.05) is 72.8 Å². The van der Waals surface area contributed by atoms with Gasteiger partial charge in [-0.1, -0.05) is 109 Å². The molecule has 152 valence electrons. The molecule has 32 heavy (non-hydrogen) atoms. The molecule has 0 spiro atoms. The number of aromatic nitrogens is 3. The third kappa shape index (κ3) is 2.98. The fraction of sp³-hybridized carbons (Fsp3) is 0. The Morgan fingerprint density at radius 1 is 0.531 bits per heavy atom. The number of benzene rings is 4. The summed E-state index contributed by atoms with van der Waals surface area (Å²) in [6, 6.07) is 36.8. The highest BCUT2D eigenvalue weighted by molar-refractivity contribution is 6.35. The van der Waals surface area contributed by atoms with E-state index in [1.165, 1.54) is 10.8 Å². The molecule has 6 aromatic rings. The number of hydrogen-bond acceptors (Lipinski definition) is 2. The summed E-state index contributed by atoms with van der Waals surface area (Å²) in [7, 11) is 0. The summed E-state index contributed by atoms with van der Waals surface area (Å²) in [6.07, 6.45) is 0. The smallest absolute Gasteiger partial charge is 0.162 e. The zero-order valence-electron chi connectivity index (χ0n) is 17.1. The first-order chi connectivity index (χ1) is 15.8. The summed E-state index contributed by atoms with van der Waals surface area (Å²) in [4.78, 5) is 9.88. The first kappa shape index (κ1) is 18.8. The van der Waals surface area contributed by atoms with Crippen molar-refractivity contribution in [3.63, 3.8) is 0 Å². The molecule has 0 fully saturated rings. The van der Waals surface area contributed by atoms with Gasteiger partial charge in [0.1, 0.15) is 5.02 Å². The molecule has 0 radical (unpaired) electrons. The first-order valence-electron chi connectivity index (χ1n) is 10.5. The van der Waals surface area contributed by atoms with E-state index >= 15 is 0 Å². The standard InChI is InChI=1S/C28H18ClN3/c29-25-26(19-11-3-1-4-12-19)30-27(20-13-5-2-6-14-20)31-28(25)32-23-17-9-7-15-21(23)22-16-8-10-18-24(22)32/h1-18H. The van der Waals surface area contributed by atoms with Crippen LogP contribution < -0.4 is 0 Å². The average molecular weight is 432 g/mol. The Labute approximate surface area is 190 Å². The summed E-state index contributed by atoms with van der Waals surface area (Å²) in [5, 5.41) is 2.86. The van der Waals surface area contributed by atoms with E-state index in [4.69, 9.17) is 21.6 Å². The number of nitrogens with zero attached hydrogens (tertiary/aromatic N) is 3. The predicted molar refractivity (Wildman–Crippen MR) is 132 cm³/mol. The largest absolute Gasteiger partial charge is 0.292 e. The minimum atomic E-state index is 0.530. The number of rotatable bonds is 3. The first-order valence-corrected chi connectivity index (χ1v) is 10.9. The second-order valence-electron chi connectivity index (χ2n) is 7.64. The van der Waals surface area contributed by atoms with Gasteiger partial charge in [0.2, 0.25) is 0 Å². The monoisotopic (exact) mass is 431 g/mol. The maximum atomic E-state index is 7.05. The molecule has 3 nitrogen and oxygen atoms in total. The third-order valence-corrected chi connectivity index (χ3v) is 6.05. The Morgan fingerprint density at radius 2 is 1.03 bits per heavy atom. The average Bonchev–Trinajstić information content (AvgIpc) is 3.20. The molecular weight excluding hydrogens is 414 g/mol. The summed E-state index contributed by atoms with van der Waals surface area (Å²) in [5.74, 6) is 1.32. The van der Waals surface area contributed by atoms with E-state index in [-0.39, 0.29) is 0 Å². The normalized spacial score (nSPS) is 11.3. The Kier molecular flexibility index (Phi) is 4.48. The van der Waals surface area contributed by atoms with Gasteiger partial charge >= 0.3 is 0 Å². The van der Waals surface area contributed by atoms with Crippen molar-refractivity contribution >= 4 is 33.4 Å². The maximum Gasteiger partial charge on any atom is 0.162 e. The van der Waals surface area contributed by atoms with E-state index in [1.54, 1.807) is 0 Å². The van der Waals surface area contributed by atoms with Crippen molar-refractivity contribution in [2.24, 2.45) is 0 Å². The third-order valence-electron chi connectivity index (χ3n) is 5.70. The van der Waals surface area contributed by atoms with Gasteiger partial charge in [0.15, 0.2) is 11.6 Å². The van der Waals surface area contributed by atoms with Crippen molar-refractivity contribution in [3.05, 3.63) is 114 Å². The summed E-state index contributed by atoms with van der Waals surface area (Å²) >= 11 is 7.05. The lowest BCUT2D eigenvalue weighted by Crippen LogP contribution is -2.04. The predicted octanol–water partition coefficient (Wildman–Crippen LogP) is 7.56. The molecule has 0 bridgehead atoms. The molecule has 0 saturated heterocycles. The number of hydrogen-bond donors (Lipinski definition) is 0. The minimum Gasteiger partial charge on any atom is -0.292 e. The Bertz CT molecular complexity index is 1520. The molecule has 4 aromatic carbocycles. The molecule has 4 heteroatoms. The van der Waals surface area contributed by atoms with Crippen LogP contribution in [0.25, 0.3) is 50.3 Å². The van der Waals surface area contributed by atoms with Gasteiger partial charge in [-0.05, 0) is 12.1 Å². The van der Waals surface area contributed by atoms with Gasteiger partial charge in [-0.15, -0.1) is 0 Å². The van der Waals surface area contributed by atoms with E-state index in [2.05, 4.69) is 41.0 Å². The van der Waals surface area contributed by atoms with Crippen molar-refractivity contribution in [2.45, 2.75) is 0 Å². The summed E-state index contributed by atoms with van der Waals surface area (Å²) < 4.78 is 2.15. The van der Waals surface area contributed by atoms with Crippen LogP contribution in [-0.2, 0) is 0 Å². The molecule has 0 atom stereocenters. The Hall–Kier alpha value is -3.95. The number of para-hydroxylation sites is 2. The van der Waals surface area contributed by atoms with Crippen LogP contribution in [0.4, 0.5) is 0 Å². The SMILES string of the molecule is Clc1c(-c2ccccc2)nc(-c2ccccc2)nc1-n1c2ccccc2c2ccccc21. The quantitative estimate of drug-likeness (QED) is 0.289. The van der Waals surface area contributed by atoms with E-state index < -0.39 is 0 Å². The van der Waals surface area contributed by atoms with E-state index in [0.29, 0.717) is 16.7 Å². The van der Waals surface area contributed by atoms with E-state index in [0.717, 1.165) is 27.9 Å². The second kappa shape index (κ2) is 7.63. The molecule has 0 unspecified atom stereocenters. The second-order valence-corrected chi connectivity index (χ2v) is 8.01. The fourth-order valence-corrected chi connectivity index (χ4v) is 4.52.